The molecule has 1 saturated carbocycles. The minimum Gasteiger partial charge on any atom is -0.335 e. The average Bonchev–Trinajstić information content (AvgIpc) is 2.40. The molecule has 1 aliphatic rings. The number of rotatable bonds is 2. The van der Waals surface area contributed by atoms with E-state index in [1.54, 1.807) is 13.5 Å². The quantitative estimate of drug-likeness (QED) is 0.622. The first-order chi connectivity index (χ1) is 5.33. The predicted molar refractivity (Wildman–Crippen MR) is 43.9 cm³/mol. The van der Waals surface area contributed by atoms with Gasteiger partial charge in [-0.2, -0.15) is 0 Å². The molecule has 2 N–H and O–H groups in total. The van der Waals surface area contributed by atoms with E-state index in [2.05, 4.69) is 10.6 Å². The monoisotopic (exact) mass is 155 g/mol. The van der Waals surface area contributed by atoms with Crippen molar-refractivity contribution >= 4 is 6.03 Å². The third-order valence-corrected chi connectivity index (χ3v) is 1.97. The van der Waals surface area contributed by atoms with Crippen molar-refractivity contribution in [3.63, 3.8) is 0 Å². The fourth-order valence-electron chi connectivity index (χ4n) is 1.43. The van der Waals surface area contributed by atoms with Crippen molar-refractivity contribution in [1.29, 1.82) is 0 Å². The molecule has 0 heterocycles. The van der Waals surface area contributed by atoms with E-state index in [1.807, 2.05) is 0 Å². The SMILES string of the molecule is C[CH]NC(=O)NC1CCCC1. The standard InChI is InChI=1S/C8H15N2O/c1-2-9-8(11)10-7-5-3-4-6-7/h2,7H,3-6H2,1H3,(H2,9,10,11). The number of amides is 2. The molecule has 1 fully saturated rings. The van der Waals surface area contributed by atoms with Crippen LogP contribution in [0.25, 0.3) is 0 Å². The number of hydrogen-bond acceptors (Lipinski definition) is 1. The van der Waals surface area contributed by atoms with Crippen LogP contribution >= 0.6 is 0 Å². The largest absolute Gasteiger partial charge is 0.335 e. The van der Waals surface area contributed by atoms with Crippen LogP contribution in [0.3, 0.4) is 0 Å². The summed E-state index contributed by atoms with van der Waals surface area (Å²) in [7, 11) is 0. The van der Waals surface area contributed by atoms with E-state index in [-0.39, 0.29) is 6.03 Å². The second-order valence-electron chi connectivity index (χ2n) is 2.89. The first-order valence-corrected chi connectivity index (χ1v) is 4.18. The molecule has 0 aromatic rings. The highest BCUT2D eigenvalue weighted by molar-refractivity contribution is 5.74. The predicted octanol–water partition coefficient (Wildman–Crippen LogP) is 1.41. The van der Waals surface area contributed by atoms with E-state index in [4.69, 9.17) is 0 Å². The molecule has 3 heteroatoms. The summed E-state index contributed by atoms with van der Waals surface area (Å²) in [5.74, 6) is 0. The van der Waals surface area contributed by atoms with Gasteiger partial charge in [-0.3, -0.25) is 0 Å². The minimum atomic E-state index is -0.0700. The lowest BCUT2D eigenvalue weighted by Crippen LogP contribution is -2.39. The van der Waals surface area contributed by atoms with Crippen molar-refractivity contribution in [2.45, 2.75) is 38.6 Å². The number of carbonyl (C=O) groups is 1. The Morgan fingerprint density at radius 2 is 2.09 bits per heavy atom. The Morgan fingerprint density at radius 3 is 2.64 bits per heavy atom. The van der Waals surface area contributed by atoms with Gasteiger partial charge in [-0.25, -0.2) is 4.79 Å². The third kappa shape index (κ3) is 2.78. The summed E-state index contributed by atoms with van der Waals surface area (Å²) in [6, 6.07) is 0.342. The molecule has 63 valence electrons. The van der Waals surface area contributed by atoms with E-state index < -0.39 is 0 Å². The van der Waals surface area contributed by atoms with Crippen molar-refractivity contribution in [1.82, 2.24) is 10.6 Å². The summed E-state index contributed by atoms with van der Waals surface area (Å²) < 4.78 is 0. The first-order valence-electron chi connectivity index (χ1n) is 4.18. The molecule has 0 aromatic carbocycles. The summed E-state index contributed by atoms with van der Waals surface area (Å²) in [6.07, 6.45) is 4.77. The molecule has 0 spiro atoms. The highest BCUT2D eigenvalue weighted by atomic mass is 16.2. The van der Waals surface area contributed by atoms with Crippen LogP contribution in [0.15, 0.2) is 0 Å². The normalized spacial score (nSPS) is 18.3. The molecule has 2 amide bonds. The van der Waals surface area contributed by atoms with Crippen LogP contribution in [0, 0.1) is 6.54 Å². The lowest BCUT2D eigenvalue weighted by Gasteiger charge is -2.11. The van der Waals surface area contributed by atoms with Crippen LogP contribution in [0.2, 0.25) is 0 Å². The van der Waals surface area contributed by atoms with E-state index in [9.17, 15) is 4.79 Å². The lowest BCUT2D eigenvalue weighted by molar-refractivity contribution is 0.239. The smallest absolute Gasteiger partial charge is 0.315 e. The van der Waals surface area contributed by atoms with Gasteiger partial charge in [0.05, 0.1) is 0 Å². The van der Waals surface area contributed by atoms with Crippen molar-refractivity contribution < 1.29 is 4.79 Å². The number of hydrogen-bond donors (Lipinski definition) is 2. The second kappa shape index (κ2) is 4.21. The Balaban J connectivity index is 2.13. The second-order valence-corrected chi connectivity index (χ2v) is 2.89. The molecule has 0 saturated heterocycles. The highest BCUT2D eigenvalue weighted by Gasteiger charge is 2.15. The molecule has 1 radical (unpaired) electrons. The fourth-order valence-corrected chi connectivity index (χ4v) is 1.43. The fraction of sp³-hybridized carbons (Fsp3) is 0.750. The van der Waals surface area contributed by atoms with Gasteiger partial charge in [-0.1, -0.05) is 12.8 Å². The Bertz CT molecular complexity index is 130. The topological polar surface area (TPSA) is 41.1 Å². The van der Waals surface area contributed by atoms with Crippen molar-refractivity contribution in [3.8, 4) is 0 Å². The molecule has 1 rings (SSSR count). The van der Waals surface area contributed by atoms with Gasteiger partial charge in [0.25, 0.3) is 0 Å². The van der Waals surface area contributed by atoms with Gasteiger partial charge in [0, 0.05) is 12.6 Å². The van der Waals surface area contributed by atoms with Gasteiger partial charge in [-0.15, -0.1) is 0 Å². The van der Waals surface area contributed by atoms with Crippen LogP contribution in [0.1, 0.15) is 32.6 Å². The highest BCUT2D eigenvalue weighted by Crippen LogP contribution is 2.17. The number of nitrogens with one attached hydrogen (secondary N) is 2. The van der Waals surface area contributed by atoms with Crippen LogP contribution in [0.5, 0.6) is 0 Å². The Kier molecular flexibility index (Phi) is 3.20. The molecule has 11 heavy (non-hydrogen) atoms. The van der Waals surface area contributed by atoms with Gasteiger partial charge in [0.1, 0.15) is 0 Å². The van der Waals surface area contributed by atoms with Crippen molar-refractivity contribution in [2.24, 2.45) is 0 Å². The van der Waals surface area contributed by atoms with Gasteiger partial charge >= 0.3 is 6.03 Å². The van der Waals surface area contributed by atoms with Gasteiger partial charge in [-0.05, 0) is 19.8 Å². The van der Waals surface area contributed by atoms with Crippen LogP contribution in [-0.4, -0.2) is 12.1 Å². The number of urea groups is 1. The molecule has 0 aromatic heterocycles. The zero-order valence-corrected chi connectivity index (χ0v) is 6.89. The van der Waals surface area contributed by atoms with Gasteiger partial charge in [0.2, 0.25) is 0 Å². The molecule has 0 aliphatic heterocycles. The average molecular weight is 155 g/mol. The Hall–Kier alpha value is -0.730. The van der Waals surface area contributed by atoms with Crippen LogP contribution < -0.4 is 10.6 Å². The Labute approximate surface area is 67.5 Å². The van der Waals surface area contributed by atoms with E-state index in [1.165, 1.54) is 12.8 Å². The Morgan fingerprint density at radius 1 is 1.45 bits per heavy atom. The summed E-state index contributed by atoms with van der Waals surface area (Å²) in [6.45, 7) is 3.44. The van der Waals surface area contributed by atoms with Crippen molar-refractivity contribution in [2.75, 3.05) is 0 Å². The van der Waals surface area contributed by atoms with Gasteiger partial charge in [0.15, 0.2) is 0 Å². The van der Waals surface area contributed by atoms with Crippen LogP contribution in [0.4, 0.5) is 4.79 Å². The lowest BCUT2D eigenvalue weighted by atomic mass is 10.3. The van der Waals surface area contributed by atoms with Gasteiger partial charge < -0.3 is 10.6 Å². The summed E-state index contributed by atoms with van der Waals surface area (Å²) in [4.78, 5) is 10.9. The molecule has 3 nitrogen and oxygen atoms in total. The number of carbonyl (C=O) groups excluding carboxylic acids is 1. The van der Waals surface area contributed by atoms with Crippen molar-refractivity contribution in [3.05, 3.63) is 6.54 Å². The van der Waals surface area contributed by atoms with E-state index in [0.29, 0.717) is 6.04 Å². The maximum atomic E-state index is 10.9. The molecule has 1 aliphatic carbocycles. The van der Waals surface area contributed by atoms with Crippen LogP contribution in [-0.2, 0) is 0 Å². The molecule has 0 bridgehead atoms. The zero-order chi connectivity index (χ0) is 8.10. The maximum absolute atomic E-state index is 10.9. The summed E-state index contributed by atoms with van der Waals surface area (Å²) >= 11 is 0. The maximum Gasteiger partial charge on any atom is 0.315 e. The van der Waals surface area contributed by atoms with E-state index >= 15 is 0 Å². The molecular weight excluding hydrogens is 140 g/mol. The molecular formula is C8H15N2O. The minimum absolute atomic E-state index is 0.0700. The zero-order valence-electron chi connectivity index (χ0n) is 6.89. The third-order valence-electron chi connectivity index (χ3n) is 1.97. The summed E-state index contributed by atoms with van der Waals surface area (Å²) in [5, 5.41) is 5.50. The molecule has 0 unspecified atom stereocenters. The summed E-state index contributed by atoms with van der Waals surface area (Å²) in [5.41, 5.74) is 0. The van der Waals surface area contributed by atoms with E-state index in [0.717, 1.165) is 12.8 Å². The molecule has 0 atom stereocenters. The first kappa shape index (κ1) is 8.37.